The number of carbonyl (C=O) groups excluding carboxylic acids is 1. The molecule has 18 heavy (non-hydrogen) atoms. The molecule has 0 heterocycles. The first kappa shape index (κ1) is 12.6. The third kappa shape index (κ3) is 3.30. The van der Waals surface area contributed by atoms with Crippen LogP contribution in [-0.4, -0.2) is 6.29 Å². The molecule has 1 nitrogen and oxygen atoms in total. The summed E-state index contributed by atoms with van der Waals surface area (Å²) in [5, 5.41) is 0. The Kier molecular flexibility index (Phi) is 4.30. The summed E-state index contributed by atoms with van der Waals surface area (Å²) >= 11 is 0. The van der Waals surface area contributed by atoms with Crippen molar-refractivity contribution in [1.29, 1.82) is 0 Å². The number of rotatable bonds is 5. The van der Waals surface area contributed by atoms with Gasteiger partial charge in [-0.3, -0.25) is 4.79 Å². The molecular formula is C17H18O. The molecular weight excluding hydrogens is 220 g/mol. The van der Waals surface area contributed by atoms with Gasteiger partial charge in [0.15, 0.2) is 0 Å². The first-order valence-electron chi connectivity index (χ1n) is 6.43. The van der Waals surface area contributed by atoms with Gasteiger partial charge in [-0.05, 0) is 36.0 Å². The average molecular weight is 238 g/mol. The molecule has 0 N–H and O–H groups in total. The molecule has 0 fully saturated rings. The highest BCUT2D eigenvalue weighted by molar-refractivity contribution is 5.74. The van der Waals surface area contributed by atoms with Gasteiger partial charge < -0.3 is 0 Å². The third-order valence-corrected chi connectivity index (χ3v) is 3.25. The van der Waals surface area contributed by atoms with Crippen LogP contribution in [0.1, 0.15) is 34.0 Å². The summed E-state index contributed by atoms with van der Waals surface area (Å²) in [5.41, 5.74) is 4.77. The van der Waals surface area contributed by atoms with E-state index in [0.717, 1.165) is 31.1 Å². The van der Waals surface area contributed by atoms with E-state index >= 15 is 0 Å². The molecule has 2 aromatic carbocycles. The Balaban J connectivity index is 1.95. The molecule has 0 atom stereocenters. The van der Waals surface area contributed by atoms with Gasteiger partial charge in [0, 0.05) is 5.56 Å². The standard InChI is InChI=1S/C17H18O/c1-2-14-3-5-15(6-4-14)7-8-16-9-11-17(13-18)12-10-16/h3-6,9-13H,2,7-8H2,1H3. The summed E-state index contributed by atoms with van der Waals surface area (Å²) in [6, 6.07) is 16.6. The molecule has 0 aromatic heterocycles. The lowest BCUT2D eigenvalue weighted by Gasteiger charge is -2.04. The van der Waals surface area contributed by atoms with Crippen LogP contribution >= 0.6 is 0 Å². The van der Waals surface area contributed by atoms with Crippen LogP contribution in [0, 0.1) is 0 Å². The van der Waals surface area contributed by atoms with Crippen molar-refractivity contribution in [2.75, 3.05) is 0 Å². The lowest BCUT2D eigenvalue weighted by Crippen LogP contribution is -1.92. The van der Waals surface area contributed by atoms with Gasteiger partial charge in [-0.2, -0.15) is 0 Å². The zero-order chi connectivity index (χ0) is 12.8. The van der Waals surface area contributed by atoms with Gasteiger partial charge >= 0.3 is 0 Å². The van der Waals surface area contributed by atoms with E-state index in [4.69, 9.17) is 0 Å². The van der Waals surface area contributed by atoms with Crippen LogP contribution in [0.5, 0.6) is 0 Å². The zero-order valence-electron chi connectivity index (χ0n) is 10.7. The number of carbonyl (C=O) groups is 1. The third-order valence-electron chi connectivity index (χ3n) is 3.25. The Morgan fingerprint density at radius 2 is 1.22 bits per heavy atom. The molecule has 0 unspecified atom stereocenters. The van der Waals surface area contributed by atoms with Gasteiger partial charge in [-0.25, -0.2) is 0 Å². The Morgan fingerprint density at radius 3 is 1.67 bits per heavy atom. The van der Waals surface area contributed by atoms with E-state index in [1.54, 1.807) is 0 Å². The summed E-state index contributed by atoms with van der Waals surface area (Å²) in [6.45, 7) is 2.17. The second-order valence-corrected chi connectivity index (χ2v) is 4.53. The first-order valence-corrected chi connectivity index (χ1v) is 6.43. The summed E-state index contributed by atoms with van der Waals surface area (Å²) in [7, 11) is 0. The predicted molar refractivity (Wildman–Crippen MR) is 75.1 cm³/mol. The van der Waals surface area contributed by atoms with Crippen LogP contribution in [0.2, 0.25) is 0 Å². The first-order chi connectivity index (χ1) is 8.81. The fourth-order valence-electron chi connectivity index (χ4n) is 1.99. The molecule has 0 aliphatic carbocycles. The van der Waals surface area contributed by atoms with Crippen molar-refractivity contribution in [1.82, 2.24) is 0 Å². The number of aldehydes is 1. The highest BCUT2D eigenvalue weighted by atomic mass is 16.1. The topological polar surface area (TPSA) is 17.1 Å². The average Bonchev–Trinajstić information content (AvgIpc) is 2.46. The van der Waals surface area contributed by atoms with E-state index in [2.05, 4.69) is 31.2 Å². The van der Waals surface area contributed by atoms with Gasteiger partial charge in [0.2, 0.25) is 0 Å². The molecule has 0 aliphatic heterocycles. The summed E-state index contributed by atoms with van der Waals surface area (Å²) < 4.78 is 0. The van der Waals surface area contributed by atoms with Crippen LogP contribution in [0.3, 0.4) is 0 Å². The van der Waals surface area contributed by atoms with E-state index in [1.165, 1.54) is 16.7 Å². The molecule has 0 saturated carbocycles. The summed E-state index contributed by atoms with van der Waals surface area (Å²) in [6.07, 6.45) is 4.04. The van der Waals surface area contributed by atoms with Gasteiger partial charge in [0.1, 0.15) is 6.29 Å². The van der Waals surface area contributed by atoms with Crippen LogP contribution in [0.15, 0.2) is 48.5 Å². The van der Waals surface area contributed by atoms with E-state index in [1.807, 2.05) is 24.3 Å². The van der Waals surface area contributed by atoms with Crippen molar-refractivity contribution in [2.45, 2.75) is 26.2 Å². The minimum atomic E-state index is 0.742. The maximum atomic E-state index is 10.6. The van der Waals surface area contributed by atoms with Gasteiger partial charge in [-0.1, -0.05) is 55.5 Å². The lowest BCUT2D eigenvalue weighted by molar-refractivity contribution is 0.112. The Labute approximate surface area is 108 Å². The highest BCUT2D eigenvalue weighted by Crippen LogP contribution is 2.10. The Bertz CT molecular complexity index is 494. The van der Waals surface area contributed by atoms with E-state index in [-0.39, 0.29) is 0 Å². The number of hydrogen-bond donors (Lipinski definition) is 0. The molecule has 92 valence electrons. The SMILES string of the molecule is CCc1ccc(CCc2ccc(C=O)cc2)cc1. The molecule has 2 aromatic rings. The number of hydrogen-bond acceptors (Lipinski definition) is 1. The molecule has 0 aliphatic rings. The highest BCUT2D eigenvalue weighted by Gasteiger charge is 1.97. The van der Waals surface area contributed by atoms with Gasteiger partial charge in [-0.15, -0.1) is 0 Å². The van der Waals surface area contributed by atoms with Crippen molar-refractivity contribution in [2.24, 2.45) is 0 Å². The van der Waals surface area contributed by atoms with E-state index in [9.17, 15) is 4.79 Å². The molecule has 0 bridgehead atoms. The van der Waals surface area contributed by atoms with Crippen molar-refractivity contribution in [3.05, 3.63) is 70.8 Å². The molecule has 1 heteroatoms. The molecule has 0 spiro atoms. The normalized spacial score (nSPS) is 10.3. The summed E-state index contributed by atoms with van der Waals surface area (Å²) in [5.74, 6) is 0. The van der Waals surface area contributed by atoms with Crippen LogP contribution in [-0.2, 0) is 19.3 Å². The lowest BCUT2D eigenvalue weighted by atomic mass is 10.0. The Hall–Kier alpha value is -1.89. The minimum absolute atomic E-state index is 0.742. The minimum Gasteiger partial charge on any atom is -0.298 e. The van der Waals surface area contributed by atoms with Crippen LogP contribution in [0.4, 0.5) is 0 Å². The van der Waals surface area contributed by atoms with Crippen LogP contribution < -0.4 is 0 Å². The smallest absolute Gasteiger partial charge is 0.150 e. The van der Waals surface area contributed by atoms with E-state index in [0.29, 0.717) is 0 Å². The van der Waals surface area contributed by atoms with Crippen molar-refractivity contribution < 1.29 is 4.79 Å². The number of aryl methyl sites for hydroxylation is 3. The molecule has 0 radical (unpaired) electrons. The van der Waals surface area contributed by atoms with Gasteiger partial charge in [0.25, 0.3) is 0 Å². The molecule has 2 rings (SSSR count). The van der Waals surface area contributed by atoms with E-state index < -0.39 is 0 Å². The second kappa shape index (κ2) is 6.15. The summed E-state index contributed by atoms with van der Waals surface area (Å²) in [4.78, 5) is 10.6. The monoisotopic (exact) mass is 238 g/mol. The van der Waals surface area contributed by atoms with Crippen molar-refractivity contribution in [3.8, 4) is 0 Å². The van der Waals surface area contributed by atoms with Crippen molar-refractivity contribution in [3.63, 3.8) is 0 Å². The predicted octanol–water partition coefficient (Wildman–Crippen LogP) is 3.85. The Morgan fingerprint density at radius 1 is 0.778 bits per heavy atom. The van der Waals surface area contributed by atoms with Crippen LogP contribution in [0.25, 0.3) is 0 Å². The van der Waals surface area contributed by atoms with Crippen molar-refractivity contribution >= 4 is 6.29 Å². The molecule has 0 amide bonds. The molecule has 0 saturated heterocycles. The fraction of sp³-hybridized carbons (Fsp3) is 0.235. The second-order valence-electron chi connectivity index (χ2n) is 4.53. The number of benzene rings is 2. The zero-order valence-corrected chi connectivity index (χ0v) is 10.7. The largest absolute Gasteiger partial charge is 0.298 e. The maximum Gasteiger partial charge on any atom is 0.150 e. The van der Waals surface area contributed by atoms with Gasteiger partial charge in [0.05, 0.1) is 0 Å². The maximum absolute atomic E-state index is 10.6. The fourth-order valence-corrected chi connectivity index (χ4v) is 1.99. The quantitative estimate of drug-likeness (QED) is 0.723.